The first-order valence-electron chi connectivity index (χ1n) is 16.0. The SMILES string of the molecule is CC(=O)c1cc(-c2ccn(C)n2)c2nc(CN3CCC(c4cccc(OCc5ccc(C#N)cc5F)n4)CC3)n(C[C@@H]3CCO3)c2c1. The highest BCUT2D eigenvalue weighted by molar-refractivity contribution is 6.02. The lowest BCUT2D eigenvalue weighted by Crippen LogP contribution is -2.35. The van der Waals surface area contributed by atoms with E-state index >= 15 is 0 Å². The molecule has 3 aromatic heterocycles. The van der Waals surface area contributed by atoms with Gasteiger partial charge in [-0.25, -0.2) is 14.4 Å². The minimum absolute atomic E-state index is 0.00449. The van der Waals surface area contributed by atoms with Crippen LogP contribution in [-0.2, 0) is 31.5 Å². The van der Waals surface area contributed by atoms with E-state index in [1.54, 1.807) is 29.8 Å². The van der Waals surface area contributed by atoms with Crippen molar-refractivity contribution >= 4 is 16.8 Å². The molecule has 47 heavy (non-hydrogen) atoms. The van der Waals surface area contributed by atoms with Crippen LogP contribution in [-0.4, -0.2) is 60.8 Å². The van der Waals surface area contributed by atoms with Gasteiger partial charge in [0, 0.05) is 54.2 Å². The number of carbonyl (C=O) groups excluding carboxylic acids is 1. The summed E-state index contributed by atoms with van der Waals surface area (Å²) in [5, 5.41) is 13.6. The highest BCUT2D eigenvalue weighted by Gasteiger charge is 2.27. The molecule has 0 unspecified atom stereocenters. The molecular weight excluding hydrogens is 597 g/mol. The number of rotatable bonds is 10. The molecule has 2 saturated heterocycles. The van der Waals surface area contributed by atoms with E-state index in [0.717, 1.165) is 72.8 Å². The molecule has 0 bridgehead atoms. The summed E-state index contributed by atoms with van der Waals surface area (Å²) in [5.74, 6) is 1.22. The predicted molar refractivity (Wildman–Crippen MR) is 173 cm³/mol. The molecule has 11 heteroatoms. The van der Waals surface area contributed by atoms with E-state index in [1.165, 1.54) is 6.07 Å². The van der Waals surface area contributed by atoms with Gasteiger partial charge >= 0.3 is 0 Å². The summed E-state index contributed by atoms with van der Waals surface area (Å²) in [6.45, 7) is 5.52. The first-order chi connectivity index (χ1) is 22.8. The molecule has 2 fully saturated rings. The Morgan fingerprint density at radius 1 is 1.11 bits per heavy atom. The van der Waals surface area contributed by atoms with E-state index in [4.69, 9.17) is 24.7 Å². The molecule has 0 saturated carbocycles. The van der Waals surface area contributed by atoms with Crippen LogP contribution >= 0.6 is 0 Å². The van der Waals surface area contributed by atoms with Gasteiger partial charge in [-0.05, 0) is 75.7 Å². The maximum Gasteiger partial charge on any atom is 0.213 e. The summed E-state index contributed by atoms with van der Waals surface area (Å²) in [4.78, 5) is 25.0. The third-order valence-electron chi connectivity index (χ3n) is 9.18. The second-order valence-corrected chi connectivity index (χ2v) is 12.4. The van der Waals surface area contributed by atoms with Crippen LogP contribution < -0.4 is 4.74 Å². The molecule has 0 N–H and O–H groups in total. The molecule has 0 radical (unpaired) electrons. The van der Waals surface area contributed by atoms with E-state index in [1.807, 2.05) is 49.6 Å². The van der Waals surface area contributed by atoms with Crippen molar-refractivity contribution in [2.75, 3.05) is 19.7 Å². The number of hydrogen-bond acceptors (Lipinski definition) is 8. The van der Waals surface area contributed by atoms with Crippen LogP contribution in [0, 0.1) is 17.1 Å². The van der Waals surface area contributed by atoms with Crippen molar-refractivity contribution in [1.82, 2.24) is 29.2 Å². The number of imidazole rings is 1. The van der Waals surface area contributed by atoms with Crippen molar-refractivity contribution < 1.29 is 18.7 Å². The van der Waals surface area contributed by atoms with Gasteiger partial charge in [-0.3, -0.25) is 14.4 Å². The quantitative estimate of drug-likeness (QED) is 0.178. The number of pyridine rings is 1. The Labute approximate surface area is 272 Å². The minimum atomic E-state index is -0.464. The zero-order valence-electron chi connectivity index (χ0n) is 26.5. The number of hydrogen-bond donors (Lipinski definition) is 0. The van der Waals surface area contributed by atoms with Crippen LogP contribution in [0.3, 0.4) is 0 Å². The van der Waals surface area contributed by atoms with Crippen LogP contribution in [0.2, 0.25) is 0 Å². The van der Waals surface area contributed by atoms with E-state index in [2.05, 4.69) is 14.6 Å². The highest BCUT2D eigenvalue weighted by atomic mass is 19.1. The number of fused-ring (bicyclic) bond motifs is 1. The van der Waals surface area contributed by atoms with E-state index in [9.17, 15) is 9.18 Å². The van der Waals surface area contributed by atoms with Gasteiger partial charge in [0.1, 0.15) is 18.2 Å². The lowest BCUT2D eigenvalue weighted by Gasteiger charge is -2.32. The molecule has 1 atom stereocenters. The average molecular weight is 634 g/mol. The Hall–Kier alpha value is -4.92. The zero-order chi connectivity index (χ0) is 32.5. The number of piperidine rings is 1. The Morgan fingerprint density at radius 3 is 2.62 bits per heavy atom. The number of ether oxygens (including phenoxy) is 2. The lowest BCUT2D eigenvalue weighted by molar-refractivity contribution is -0.0592. The fourth-order valence-corrected chi connectivity index (χ4v) is 6.40. The Morgan fingerprint density at radius 2 is 1.94 bits per heavy atom. The first-order valence-corrected chi connectivity index (χ1v) is 16.0. The van der Waals surface area contributed by atoms with E-state index in [-0.39, 0.29) is 30.0 Å². The number of halogens is 1. The van der Waals surface area contributed by atoms with Gasteiger partial charge in [-0.1, -0.05) is 12.1 Å². The lowest BCUT2D eigenvalue weighted by atomic mass is 9.93. The van der Waals surface area contributed by atoms with Gasteiger partial charge in [0.05, 0.1) is 47.6 Å². The third-order valence-corrected chi connectivity index (χ3v) is 9.18. The summed E-state index contributed by atoms with van der Waals surface area (Å²) in [6.07, 6.45) is 4.89. The highest BCUT2D eigenvalue weighted by Crippen LogP contribution is 2.33. The second-order valence-electron chi connectivity index (χ2n) is 12.4. The fourth-order valence-electron chi connectivity index (χ4n) is 6.40. The molecule has 0 amide bonds. The standard InChI is InChI=1S/C36H36FN7O3/c1-23(45)27-17-29(32-10-12-42(2)41-32)36-33(18-27)44(20-28-11-15-46-28)34(40-36)21-43-13-8-25(9-14-43)31-4-3-5-35(39-31)47-22-26-7-6-24(19-38)16-30(26)37/h3-7,10,12,16-18,25,28H,8-9,11,13-15,20-22H2,1-2H3/t28-/m0/s1. The molecule has 7 rings (SSSR count). The van der Waals surface area contributed by atoms with Crippen molar-refractivity contribution in [3.8, 4) is 23.2 Å². The molecule has 2 aliphatic heterocycles. The monoisotopic (exact) mass is 633 g/mol. The first kappa shape index (κ1) is 30.7. The number of carbonyl (C=O) groups is 1. The number of nitrogens with zero attached hydrogens (tertiary/aromatic N) is 7. The van der Waals surface area contributed by atoms with Crippen molar-refractivity contribution in [2.45, 2.75) is 57.9 Å². The maximum absolute atomic E-state index is 14.3. The molecule has 5 heterocycles. The molecule has 2 aromatic carbocycles. The van der Waals surface area contributed by atoms with E-state index < -0.39 is 5.82 Å². The van der Waals surface area contributed by atoms with E-state index in [0.29, 0.717) is 30.1 Å². The van der Waals surface area contributed by atoms with Crippen LogP contribution in [0.15, 0.2) is 60.8 Å². The summed E-state index contributed by atoms with van der Waals surface area (Å²) < 4.78 is 30.0. The average Bonchev–Trinajstić information content (AvgIpc) is 3.64. The van der Waals surface area contributed by atoms with Crippen LogP contribution in [0.4, 0.5) is 4.39 Å². The normalized spacial score (nSPS) is 17.0. The predicted octanol–water partition coefficient (Wildman–Crippen LogP) is 5.79. The Balaban J connectivity index is 1.08. The summed E-state index contributed by atoms with van der Waals surface area (Å²) >= 11 is 0. The Bertz CT molecular complexity index is 1980. The summed E-state index contributed by atoms with van der Waals surface area (Å²) in [7, 11) is 1.88. The van der Waals surface area contributed by atoms with Crippen LogP contribution in [0.25, 0.3) is 22.3 Å². The second kappa shape index (κ2) is 13.1. The number of likely N-dealkylation sites (tertiary alicyclic amines) is 1. The van der Waals surface area contributed by atoms with Gasteiger partial charge in [0.25, 0.3) is 0 Å². The van der Waals surface area contributed by atoms with Crippen LogP contribution in [0.1, 0.15) is 65.1 Å². The molecule has 10 nitrogen and oxygen atoms in total. The maximum atomic E-state index is 14.3. The third kappa shape index (κ3) is 6.52. The largest absolute Gasteiger partial charge is 0.473 e. The molecular formula is C36H36FN7O3. The fraction of sp³-hybridized carbons (Fsp3) is 0.361. The minimum Gasteiger partial charge on any atom is -0.473 e. The van der Waals surface area contributed by atoms with Crippen LogP contribution in [0.5, 0.6) is 5.88 Å². The Kier molecular flexibility index (Phi) is 8.54. The van der Waals surface area contributed by atoms with Gasteiger partial charge in [-0.15, -0.1) is 0 Å². The van der Waals surface area contributed by atoms with Crippen molar-refractivity contribution in [2.24, 2.45) is 7.05 Å². The topological polar surface area (TPSA) is 111 Å². The van der Waals surface area contributed by atoms with Gasteiger partial charge < -0.3 is 14.0 Å². The number of benzene rings is 2. The molecule has 0 aliphatic carbocycles. The number of aromatic nitrogens is 5. The molecule has 5 aromatic rings. The van der Waals surface area contributed by atoms with Crippen molar-refractivity contribution in [3.05, 3.63) is 94.8 Å². The smallest absolute Gasteiger partial charge is 0.213 e. The zero-order valence-corrected chi connectivity index (χ0v) is 26.5. The number of ketones is 1. The van der Waals surface area contributed by atoms with Crippen molar-refractivity contribution in [1.29, 1.82) is 5.26 Å². The molecule has 0 spiro atoms. The molecule has 2 aliphatic rings. The van der Waals surface area contributed by atoms with Crippen molar-refractivity contribution in [3.63, 3.8) is 0 Å². The summed E-state index contributed by atoms with van der Waals surface area (Å²) in [5.41, 5.74) is 5.69. The number of Topliss-reactive ketones (excluding diaryl/α,β-unsaturated/α-hetero) is 1. The molecule has 240 valence electrons. The van der Waals surface area contributed by atoms with Gasteiger partial charge in [0.2, 0.25) is 5.88 Å². The summed E-state index contributed by atoms with van der Waals surface area (Å²) in [6, 6.07) is 17.9. The number of nitriles is 1. The van der Waals surface area contributed by atoms with Gasteiger partial charge in [-0.2, -0.15) is 10.4 Å². The number of aryl methyl sites for hydroxylation is 1. The van der Waals surface area contributed by atoms with Gasteiger partial charge in [0.15, 0.2) is 5.78 Å².